The van der Waals surface area contributed by atoms with E-state index < -0.39 is 0 Å². The molecule has 0 unspecified atom stereocenters. The Balaban J connectivity index is 1.62. The first-order valence-corrected chi connectivity index (χ1v) is 9.64. The highest BCUT2D eigenvalue weighted by molar-refractivity contribution is 5.75. The third kappa shape index (κ3) is 3.14. The van der Waals surface area contributed by atoms with Crippen molar-refractivity contribution in [2.24, 2.45) is 5.41 Å². The number of urea groups is 1. The van der Waals surface area contributed by atoms with Crippen molar-refractivity contribution in [2.75, 3.05) is 6.61 Å². The summed E-state index contributed by atoms with van der Waals surface area (Å²) >= 11 is 0. The van der Waals surface area contributed by atoms with Gasteiger partial charge in [-0.2, -0.15) is 0 Å². The fourth-order valence-electron chi connectivity index (χ4n) is 4.59. The molecule has 2 aliphatic rings. The van der Waals surface area contributed by atoms with Gasteiger partial charge in [-0.05, 0) is 46.0 Å². The quantitative estimate of drug-likeness (QED) is 0.827. The van der Waals surface area contributed by atoms with E-state index in [1.165, 1.54) is 0 Å². The Hall–Kier alpha value is -1.63. The van der Waals surface area contributed by atoms with E-state index in [1.54, 1.807) is 0 Å². The van der Waals surface area contributed by atoms with Gasteiger partial charge in [-0.15, -0.1) is 10.2 Å². The van der Waals surface area contributed by atoms with E-state index in [0.717, 1.165) is 56.9 Å². The number of ether oxygens (including phenoxy) is 1. The molecular weight excluding hydrogens is 318 g/mol. The van der Waals surface area contributed by atoms with Gasteiger partial charge in [-0.1, -0.05) is 13.8 Å². The molecule has 3 rings (SSSR count). The molecule has 2 heterocycles. The van der Waals surface area contributed by atoms with Crippen molar-refractivity contribution in [1.29, 1.82) is 0 Å². The van der Waals surface area contributed by atoms with Gasteiger partial charge < -0.3 is 19.9 Å². The van der Waals surface area contributed by atoms with E-state index >= 15 is 0 Å². The van der Waals surface area contributed by atoms with Crippen LogP contribution in [-0.2, 0) is 11.3 Å². The minimum Gasteiger partial charge on any atom is -0.378 e. The number of rotatable bonds is 6. The largest absolute Gasteiger partial charge is 0.378 e. The van der Waals surface area contributed by atoms with Gasteiger partial charge in [0.2, 0.25) is 0 Å². The number of fused-ring (bicyclic) bond motifs is 1. The number of carbonyl (C=O) groups is 1. The Labute approximate surface area is 149 Å². The van der Waals surface area contributed by atoms with Gasteiger partial charge in [-0.25, -0.2) is 4.79 Å². The van der Waals surface area contributed by atoms with Gasteiger partial charge >= 0.3 is 6.03 Å². The van der Waals surface area contributed by atoms with Crippen molar-refractivity contribution in [3.05, 3.63) is 11.6 Å². The van der Waals surface area contributed by atoms with Gasteiger partial charge in [-0.3, -0.25) is 0 Å². The zero-order valence-corrected chi connectivity index (χ0v) is 15.8. The third-order valence-corrected chi connectivity index (χ3v) is 6.23. The summed E-state index contributed by atoms with van der Waals surface area (Å²) in [5, 5.41) is 14.7. The Morgan fingerprint density at radius 1 is 1.28 bits per heavy atom. The SMILES string of the molecule is CCO[C@@H]1C[C@H](NC(=O)N[C@@H]2CCCn3c(C)nnc32)C1(CC)CC. The second-order valence-electron chi connectivity index (χ2n) is 7.24. The minimum atomic E-state index is -0.106. The van der Waals surface area contributed by atoms with Gasteiger partial charge in [0.25, 0.3) is 0 Å². The highest BCUT2D eigenvalue weighted by Crippen LogP contribution is 2.48. The fourth-order valence-corrected chi connectivity index (χ4v) is 4.59. The number of nitrogens with zero attached hydrogens (tertiary/aromatic N) is 3. The lowest BCUT2D eigenvalue weighted by atomic mass is 9.58. The van der Waals surface area contributed by atoms with Gasteiger partial charge in [0.15, 0.2) is 5.82 Å². The smallest absolute Gasteiger partial charge is 0.315 e. The minimum absolute atomic E-state index is 0.0521. The fraction of sp³-hybridized carbons (Fsp3) is 0.833. The molecule has 2 amide bonds. The third-order valence-electron chi connectivity index (χ3n) is 6.23. The molecule has 25 heavy (non-hydrogen) atoms. The normalized spacial score (nSPS) is 27.3. The van der Waals surface area contributed by atoms with Crippen molar-refractivity contribution in [1.82, 2.24) is 25.4 Å². The Morgan fingerprint density at radius 3 is 2.72 bits per heavy atom. The maximum Gasteiger partial charge on any atom is 0.315 e. The summed E-state index contributed by atoms with van der Waals surface area (Å²) in [7, 11) is 0. The molecule has 1 aliphatic carbocycles. The van der Waals surface area contributed by atoms with E-state index in [-0.39, 0.29) is 29.6 Å². The zero-order chi connectivity index (χ0) is 18.0. The highest BCUT2D eigenvalue weighted by Gasteiger charge is 2.53. The molecule has 3 atom stereocenters. The summed E-state index contributed by atoms with van der Waals surface area (Å²) in [6.45, 7) is 10.0. The molecule has 1 aromatic rings. The number of amides is 2. The maximum atomic E-state index is 12.6. The number of aromatic nitrogens is 3. The Kier molecular flexibility index (Phi) is 5.32. The van der Waals surface area contributed by atoms with Crippen LogP contribution in [0.4, 0.5) is 4.79 Å². The lowest BCUT2D eigenvalue weighted by Gasteiger charge is -2.55. The molecule has 2 N–H and O–H groups in total. The van der Waals surface area contributed by atoms with Gasteiger partial charge in [0.1, 0.15) is 5.82 Å². The Bertz CT molecular complexity index is 611. The summed E-state index contributed by atoms with van der Waals surface area (Å²) in [4.78, 5) is 12.6. The van der Waals surface area contributed by atoms with Crippen LogP contribution in [0.25, 0.3) is 0 Å². The second kappa shape index (κ2) is 7.32. The lowest BCUT2D eigenvalue weighted by Crippen LogP contribution is -2.65. The second-order valence-corrected chi connectivity index (χ2v) is 7.24. The van der Waals surface area contributed by atoms with Crippen molar-refractivity contribution >= 4 is 6.03 Å². The highest BCUT2D eigenvalue weighted by atomic mass is 16.5. The summed E-state index contributed by atoms with van der Waals surface area (Å²) in [6, 6.07) is 0.00272. The molecule has 0 bridgehead atoms. The first-order valence-electron chi connectivity index (χ1n) is 9.64. The van der Waals surface area contributed by atoms with Crippen LogP contribution >= 0.6 is 0 Å². The molecule has 1 aliphatic heterocycles. The molecule has 0 radical (unpaired) electrons. The van der Waals surface area contributed by atoms with Crippen LogP contribution < -0.4 is 10.6 Å². The average Bonchev–Trinajstić information content (AvgIpc) is 2.98. The predicted octanol–water partition coefficient (Wildman–Crippen LogP) is 2.70. The molecule has 7 nitrogen and oxygen atoms in total. The molecule has 1 aromatic heterocycles. The van der Waals surface area contributed by atoms with Crippen LogP contribution in [0, 0.1) is 12.3 Å². The first kappa shape index (κ1) is 18.2. The molecule has 1 fully saturated rings. The summed E-state index contributed by atoms with van der Waals surface area (Å²) < 4.78 is 8.00. The van der Waals surface area contributed by atoms with Crippen LogP contribution in [0.5, 0.6) is 0 Å². The topological polar surface area (TPSA) is 81.1 Å². The number of hydrogen-bond acceptors (Lipinski definition) is 4. The molecule has 140 valence electrons. The number of nitrogens with one attached hydrogen (secondary N) is 2. The number of carbonyl (C=O) groups excluding carboxylic acids is 1. The Morgan fingerprint density at radius 2 is 2.04 bits per heavy atom. The average molecular weight is 349 g/mol. The van der Waals surface area contributed by atoms with Crippen molar-refractivity contribution < 1.29 is 9.53 Å². The van der Waals surface area contributed by atoms with Crippen LogP contribution in [0.1, 0.15) is 70.6 Å². The first-order chi connectivity index (χ1) is 12.1. The number of aryl methyl sites for hydroxylation is 1. The molecule has 0 aromatic carbocycles. The summed E-state index contributed by atoms with van der Waals surface area (Å²) in [5.41, 5.74) is 0.0521. The van der Waals surface area contributed by atoms with Gasteiger partial charge in [0.05, 0.1) is 12.1 Å². The zero-order valence-electron chi connectivity index (χ0n) is 15.8. The summed E-state index contributed by atoms with van der Waals surface area (Å²) in [5.74, 6) is 1.79. The van der Waals surface area contributed by atoms with Crippen LogP contribution in [-0.4, -0.2) is 39.5 Å². The molecule has 0 saturated heterocycles. The van der Waals surface area contributed by atoms with E-state index in [9.17, 15) is 4.79 Å². The molecular formula is C18H31N5O2. The van der Waals surface area contributed by atoms with E-state index in [2.05, 4.69) is 39.2 Å². The maximum absolute atomic E-state index is 12.6. The van der Waals surface area contributed by atoms with Crippen molar-refractivity contribution in [2.45, 2.75) is 84.5 Å². The van der Waals surface area contributed by atoms with Crippen LogP contribution in [0.2, 0.25) is 0 Å². The van der Waals surface area contributed by atoms with Crippen molar-refractivity contribution in [3.63, 3.8) is 0 Å². The van der Waals surface area contributed by atoms with Crippen molar-refractivity contribution in [3.8, 4) is 0 Å². The van der Waals surface area contributed by atoms with Gasteiger partial charge in [0, 0.05) is 24.6 Å². The van der Waals surface area contributed by atoms with E-state index in [1.807, 2.05) is 13.8 Å². The molecule has 7 heteroatoms. The summed E-state index contributed by atoms with van der Waals surface area (Å²) in [6.07, 6.45) is 5.10. The van der Waals surface area contributed by atoms with E-state index in [4.69, 9.17) is 4.74 Å². The monoisotopic (exact) mass is 349 g/mol. The van der Waals surface area contributed by atoms with Crippen LogP contribution in [0.15, 0.2) is 0 Å². The van der Waals surface area contributed by atoms with E-state index in [0.29, 0.717) is 0 Å². The molecule has 1 saturated carbocycles. The lowest BCUT2D eigenvalue weighted by molar-refractivity contribution is -0.134. The van der Waals surface area contributed by atoms with Crippen LogP contribution in [0.3, 0.4) is 0 Å². The standard InChI is InChI=1S/C18H31N5O2/c1-5-18(6-2)14(11-15(18)25-7-3)20-17(24)19-13-9-8-10-23-12(4)21-22-16(13)23/h13-15H,5-11H2,1-4H3,(H2,19,20,24)/t13-,14+,15-/m1/s1. The molecule has 0 spiro atoms. The predicted molar refractivity (Wildman–Crippen MR) is 95.2 cm³/mol. The number of hydrogen-bond donors (Lipinski definition) is 2.